The fraction of sp³-hybridized carbons (Fsp3) is 0.667. The third-order valence-electron chi connectivity index (χ3n) is 3.09. The SMILES string of the molecule is CSCC(=O)Nc1cc(C)nn1C(C)C1CC1. The highest BCUT2D eigenvalue weighted by molar-refractivity contribution is 7.99. The Balaban J connectivity index is 2.12. The Morgan fingerprint density at radius 1 is 1.71 bits per heavy atom. The summed E-state index contributed by atoms with van der Waals surface area (Å²) < 4.78 is 1.96. The Labute approximate surface area is 106 Å². The van der Waals surface area contributed by atoms with Crippen LogP contribution in [-0.2, 0) is 4.79 Å². The summed E-state index contributed by atoms with van der Waals surface area (Å²) in [4.78, 5) is 11.6. The zero-order valence-corrected chi connectivity index (χ0v) is 11.4. The lowest BCUT2D eigenvalue weighted by Crippen LogP contribution is -2.19. The molecule has 94 valence electrons. The van der Waals surface area contributed by atoms with Crippen molar-refractivity contribution in [1.29, 1.82) is 0 Å². The molecular weight excluding hydrogens is 234 g/mol. The number of carbonyl (C=O) groups is 1. The van der Waals surface area contributed by atoms with Crippen molar-refractivity contribution in [2.24, 2.45) is 5.92 Å². The minimum absolute atomic E-state index is 0.0432. The zero-order chi connectivity index (χ0) is 12.4. The molecule has 1 amide bonds. The number of hydrogen-bond acceptors (Lipinski definition) is 3. The van der Waals surface area contributed by atoms with E-state index in [1.165, 1.54) is 24.6 Å². The van der Waals surface area contributed by atoms with Gasteiger partial charge >= 0.3 is 0 Å². The fourth-order valence-corrected chi connectivity index (χ4v) is 2.34. The molecule has 1 aliphatic carbocycles. The van der Waals surface area contributed by atoms with Gasteiger partial charge < -0.3 is 5.32 Å². The van der Waals surface area contributed by atoms with Gasteiger partial charge in [-0.1, -0.05) is 0 Å². The molecule has 1 aromatic heterocycles. The first-order valence-corrected chi connectivity index (χ1v) is 7.36. The number of aryl methyl sites for hydroxylation is 1. The summed E-state index contributed by atoms with van der Waals surface area (Å²) in [6.07, 6.45) is 4.48. The summed E-state index contributed by atoms with van der Waals surface area (Å²) in [5.74, 6) is 2.09. The van der Waals surface area contributed by atoms with Gasteiger partial charge in [0.05, 0.1) is 17.5 Å². The predicted molar refractivity (Wildman–Crippen MR) is 71.4 cm³/mol. The number of hydrogen-bond donors (Lipinski definition) is 1. The molecule has 0 aromatic carbocycles. The van der Waals surface area contributed by atoms with Crippen LogP contribution in [0.5, 0.6) is 0 Å². The van der Waals surface area contributed by atoms with Crippen LogP contribution in [0.3, 0.4) is 0 Å². The molecule has 1 N–H and O–H groups in total. The molecule has 1 aromatic rings. The van der Waals surface area contributed by atoms with E-state index >= 15 is 0 Å². The predicted octanol–water partition coefficient (Wildman–Crippen LogP) is 2.46. The molecule has 1 saturated carbocycles. The quantitative estimate of drug-likeness (QED) is 0.877. The number of rotatable bonds is 5. The van der Waals surface area contributed by atoms with Gasteiger partial charge in [0.15, 0.2) is 0 Å². The van der Waals surface area contributed by atoms with Crippen LogP contribution in [-0.4, -0.2) is 27.7 Å². The van der Waals surface area contributed by atoms with Crippen molar-refractivity contribution in [2.75, 3.05) is 17.3 Å². The Hall–Kier alpha value is -0.970. The maximum Gasteiger partial charge on any atom is 0.235 e. The number of carbonyl (C=O) groups excluding carboxylic acids is 1. The van der Waals surface area contributed by atoms with E-state index in [2.05, 4.69) is 17.3 Å². The number of nitrogens with one attached hydrogen (secondary N) is 1. The third kappa shape index (κ3) is 3.03. The minimum Gasteiger partial charge on any atom is -0.310 e. The summed E-state index contributed by atoms with van der Waals surface area (Å²) in [7, 11) is 0. The normalized spacial score (nSPS) is 16.9. The van der Waals surface area contributed by atoms with Gasteiger partial charge in [-0.2, -0.15) is 16.9 Å². The van der Waals surface area contributed by atoms with E-state index < -0.39 is 0 Å². The molecule has 0 spiro atoms. The average Bonchev–Trinajstić information content (AvgIpc) is 3.03. The summed E-state index contributed by atoms with van der Waals surface area (Å²) in [6, 6.07) is 2.32. The topological polar surface area (TPSA) is 46.9 Å². The molecule has 17 heavy (non-hydrogen) atoms. The molecule has 1 unspecified atom stereocenters. The summed E-state index contributed by atoms with van der Waals surface area (Å²) >= 11 is 1.53. The van der Waals surface area contributed by atoms with Gasteiger partial charge in [-0.05, 0) is 38.9 Å². The van der Waals surface area contributed by atoms with Crippen LogP contribution in [0.2, 0.25) is 0 Å². The summed E-state index contributed by atoms with van der Waals surface area (Å²) in [5, 5.41) is 7.42. The third-order valence-corrected chi connectivity index (χ3v) is 3.64. The smallest absolute Gasteiger partial charge is 0.235 e. The van der Waals surface area contributed by atoms with Gasteiger partial charge in [0.2, 0.25) is 5.91 Å². The van der Waals surface area contributed by atoms with Crippen molar-refractivity contribution in [2.45, 2.75) is 32.7 Å². The van der Waals surface area contributed by atoms with E-state index in [9.17, 15) is 4.79 Å². The van der Waals surface area contributed by atoms with E-state index in [4.69, 9.17) is 0 Å². The maximum atomic E-state index is 11.6. The van der Waals surface area contributed by atoms with Crippen molar-refractivity contribution in [3.05, 3.63) is 11.8 Å². The molecule has 1 aliphatic rings. The van der Waals surface area contributed by atoms with Crippen molar-refractivity contribution < 1.29 is 4.79 Å². The van der Waals surface area contributed by atoms with Crippen molar-refractivity contribution >= 4 is 23.5 Å². The first-order chi connectivity index (χ1) is 8.11. The van der Waals surface area contributed by atoms with E-state index in [0.29, 0.717) is 11.8 Å². The molecule has 5 heteroatoms. The minimum atomic E-state index is 0.0432. The highest BCUT2D eigenvalue weighted by Crippen LogP contribution is 2.40. The number of anilines is 1. The lowest BCUT2D eigenvalue weighted by molar-refractivity contribution is -0.113. The second-order valence-corrected chi connectivity index (χ2v) is 5.54. The summed E-state index contributed by atoms with van der Waals surface area (Å²) in [6.45, 7) is 4.13. The Bertz CT molecular complexity index is 412. The zero-order valence-electron chi connectivity index (χ0n) is 10.6. The van der Waals surface area contributed by atoms with Gasteiger partial charge in [0.25, 0.3) is 0 Å². The van der Waals surface area contributed by atoms with Crippen LogP contribution in [0.25, 0.3) is 0 Å². The van der Waals surface area contributed by atoms with Crippen molar-refractivity contribution in [3.8, 4) is 0 Å². The number of amides is 1. The van der Waals surface area contributed by atoms with Gasteiger partial charge in [-0.25, -0.2) is 4.68 Å². The van der Waals surface area contributed by atoms with E-state index in [0.717, 1.165) is 17.4 Å². The average molecular weight is 253 g/mol. The van der Waals surface area contributed by atoms with Crippen LogP contribution < -0.4 is 5.32 Å². The monoisotopic (exact) mass is 253 g/mol. The van der Waals surface area contributed by atoms with E-state index in [1.54, 1.807) is 0 Å². The number of nitrogens with zero attached hydrogens (tertiary/aromatic N) is 2. The standard InChI is InChI=1S/C12H19N3OS/c1-8-6-11(13-12(16)7-17-3)15(14-8)9(2)10-4-5-10/h6,9-10H,4-5,7H2,1-3H3,(H,13,16). The van der Waals surface area contributed by atoms with Crippen LogP contribution in [0.15, 0.2) is 6.07 Å². The lowest BCUT2D eigenvalue weighted by atomic mass is 10.2. The molecule has 4 nitrogen and oxygen atoms in total. The van der Waals surface area contributed by atoms with Crippen molar-refractivity contribution in [1.82, 2.24) is 9.78 Å². The molecule has 1 atom stereocenters. The largest absolute Gasteiger partial charge is 0.310 e. The molecule has 0 saturated heterocycles. The van der Waals surface area contributed by atoms with Gasteiger partial charge in [-0.15, -0.1) is 0 Å². The van der Waals surface area contributed by atoms with E-state index in [1.807, 2.05) is 23.9 Å². The first-order valence-electron chi connectivity index (χ1n) is 5.96. The Morgan fingerprint density at radius 3 is 3.00 bits per heavy atom. The fourth-order valence-electron chi connectivity index (χ4n) is 2.01. The molecular formula is C12H19N3OS. The van der Waals surface area contributed by atoms with Crippen molar-refractivity contribution in [3.63, 3.8) is 0 Å². The van der Waals surface area contributed by atoms with Gasteiger partial charge in [0.1, 0.15) is 5.82 Å². The van der Waals surface area contributed by atoms with Gasteiger partial charge in [0, 0.05) is 6.07 Å². The summed E-state index contributed by atoms with van der Waals surface area (Å²) in [5.41, 5.74) is 0.956. The van der Waals surface area contributed by atoms with Crippen LogP contribution in [0.4, 0.5) is 5.82 Å². The van der Waals surface area contributed by atoms with Crippen LogP contribution in [0.1, 0.15) is 31.5 Å². The highest BCUT2D eigenvalue weighted by Gasteiger charge is 2.31. The molecule has 0 radical (unpaired) electrons. The molecule has 1 heterocycles. The molecule has 0 aliphatic heterocycles. The number of aromatic nitrogens is 2. The van der Waals surface area contributed by atoms with E-state index in [-0.39, 0.29) is 5.91 Å². The van der Waals surface area contributed by atoms with Crippen LogP contribution in [0, 0.1) is 12.8 Å². The molecule has 1 fully saturated rings. The Morgan fingerprint density at radius 2 is 2.41 bits per heavy atom. The second-order valence-electron chi connectivity index (χ2n) is 4.67. The number of thioether (sulfide) groups is 1. The van der Waals surface area contributed by atoms with Gasteiger partial charge in [-0.3, -0.25) is 4.79 Å². The second kappa shape index (κ2) is 5.12. The maximum absolute atomic E-state index is 11.6. The van der Waals surface area contributed by atoms with Crippen LogP contribution >= 0.6 is 11.8 Å². The highest BCUT2D eigenvalue weighted by atomic mass is 32.2. The molecule has 0 bridgehead atoms. The molecule has 2 rings (SSSR count). The Kier molecular flexibility index (Phi) is 3.76. The first kappa shape index (κ1) is 12.5. The lowest BCUT2D eigenvalue weighted by Gasteiger charge is -2.15.